The third kappa shape index (κ3) is 3.58. The molecule has 6 heteroatoms. The lowest BCUT2D eigenvalue weighted by Crippen LogP contribution is -2.51. The van der Waals surface area contributed by atoms with Gasteiger partial charge in [-0.1, -0.05) is 0 Å². The summed E-state index contributed by atoms with van der Waals surface area (Å²) in [5.74, 6) is -0.437. The molecule has 1 atom stereocenters. The zero-order chi connectivity index (χ0) is 13.1. The normalized spacial score (nSPS) is 18.7. The Hall–Kier alpha value is -1.33. The van der Waals surface area contributed by atoms with E-state index in [2.05, 4.69) is 5.32 Å². The molecule has 1 saturated heterocycles. The first kappa shape index (κ1) is 15.7. The predicted octanol–water partition coefficient (Wildman–Crippen LogP) is 1.69. The lowest BCUT2D eigenvalue weighted by molar-refractivity contribution is 0.0708. The van der Waals surface area contributed by atoms with Crippen LogP contribution in [0.2, 0.25) is 0 Å². The summed E-state index contributed by atoms with van der Waals surface area (Å²) in [6, 6.07) is 4.49. The van der Waals surface area contributed by atoms with Gasteiger partial charge in [-0.3, -0.25) is 4.79 Å². The third-order valence-corrected chi connectivity index (χ3v) is 3.05. The average molecular weight is 289 g/mol. The Balaban J connectivity index is 0.00000180. The Kier molecular flexibility index (Phi) is 5.57. The maximum Gasteiger partial charge on any atom is 0.254 e. The fourth-order valence-corrected chi connectivity index (χ4v) is 2.09. The number of hydrogen-bond donors (Lipinski definition) is 1. The van der Waals surface area contributed by atoms with Gasteiger partial charge in [0.25, 0.3) is 5.91 Å². The van der Waals surface area contributed by atoms with Crippen molar-refractivity contribution in [3.8, 4) is 5.75 Å². The molecule has 4 nitrogen and oxygen atoms in total. The van der Waals surface area contributed by atoms with Crippen LogP contribution in [-0.4, -0.2) is 43.6 Å². The van der Waals surface area contributed by atoms with Gasteiger partial charge in [0, 0.05) is 31.2 Å². The molecule has 1 amide bonds. The van der Waals surface area contributed by atoms with E-state index in [0.717, 1.165) is 6.54 Å². The number of halogens is 2. The maximum atomic E-state index is 13.3. The molecule has 1 unspecified atom stereocenters. The molecule has 1 aliphatic rings. The molecule has 1 aromatic rings. The number of hydrogen-bond acceptors (Lipinski definition) is 3. The first-order valence-electron chi connectivity index (χ1n) is 5.98. The van der Waals surface area contributed by atoms with Gasteiger partial charge < -0.3 is 15.0 Å². The van der Waals surface area contributed by atoms with Gasteiger partial charge in [0.05, 0.1) is 7.11 Å². The SMILES string of the molecule is COc1cc(C(=O)N2CCNC(C)C2)ccc1F.Cl. The summed E-state index contributed by atoms with van der Waals surface area (Å²) >= 11 is 0. The van der Waals surface area contributed by atoms with Crippen LogP contribution in [0.15, 0.2) is 18.2 Å². The molecule has 0 spiro atoms. The second-order valence-corrected chi connectivity index (χ2v) is 4.46. The number of benzene rings is 1. The summed E-state index contributed by atoms with van der Waals surface area (Å²) < 4.78 is 18.2. The van der Waals surface area contributed by atoms with Crippen molar-refractivity contribution >= 4 is 18.3 Å². The molecule has 106 valence electrons. The maximum absolute atomic E-state index is 13.3. The third-order valence-electron chi connectivity index (χ3n) is 3.05. The average Bonchev–Trinajstić information content (AvgIpc) is 2.38. The van der Waals surface area contributed by atoms with Gasteiger partial charge in [0.2, 0.25) is 0 Å². The molecule has 19 heavy (non-hydrogen) atoms. The van der Waals surface area contributed by atoms with E-state index in [4.69, 9.17) is 4.74 Å². The molecule has 1 aromatic carbocycles. The standard InChI is InChI=1S/C13H17FN2O2.ClH/c1-9-8-16(6-5-15-9)13(17)10-3-4-11(14)12(7-10)18-2;/h3-4,7,9,15H,5-6,8H2,1-2H3;1H. The summed E-state index contributed by atoms with van der Waals surface area (Å²) in [6.07, 6.45) is 0. The fraction of sp³-hybridized carbons (Fsp3) is 0.462. The van der Waals surface area contributed by atoms with Gasteiger partial charge in [0.1, 0.15) is 0 Å². The zero-order valence-electron chi connectivity index (χ0n) is 11.0. The number of carbonyl (C=O) groups excluding carboxylic acids is 1. The highest BCUT2D eigenvalue weighted by atomic mass is 35.5. The van der Waals surface area contributed by atoms with Crippen molar-refractivity contribution in [3.63, 3.8) is 0 Å². The Morgan fingerprint density at radius 2 is 2.26 bits per heavy atom. The molecule has 0 saturated carbocycles. The van der Waals surface area contributed by atoms with Crippen LogP contribution in [0.1, 0.15) is 17.3 Å². The molecular weight excluding hydrogens is 271 g/mol. The number of carbonyl (C=O) groups is 1. The van der Waals surface area contributed by atoms with Crippen LogP contribution in [0.5, 0.6) is 5.75 Å². The Bertz CT molecular complexity index is 456. The summed E-state index contributed by atoms with van der Waals surface area (Å²) in [5, 5.41) is 3.27. The summed E-state index contributed by atoms with van der Waals surface area (Å²) in [6.45, 7) is 4.15. The lowest BCUT2D eigenvalue weighted by Gasteiger charge is -2.32. The van der Waals surface area contributed by atoms with E-state index in [9.17, 15) is 9.18 Å². The van der Waals surface area contributed by atoms with Gasteiger partial charge in [-0.05, 0) is 25.1 Å². The first-order valence-corrected chi connectivity index (χ1v) is 5.98. The van der Waals surface area contributed by atoms with Gasteiger partial charge in [-0.2, -0.15) is 0 Å². The molecule has 0 aliphatic carbocycles. The fourth-order valence-electron chi connectivity index (χ4n) is 2.09. The van der Waals surface area contributed by atoms with Crippen LogP contribution in [-0.2, 0) is 0 Å². The Labute approximate surface area is 118 Å². The Morgan fingerprint density at radius 1 is 1.53 bits per heavy atom. The number of amides is 1. The number of rotatable bonds is 2. The first-order chi connectivity index (χ1) is 8.61. The van der Waals surface area contributed by atoms with E-state index in [1.165, 1.54) is 25.3 Å². The molecule has 0 aromatic heterocycles. The Morgan fingerprint density at radius 3 is 2.89 bits per heavy atom. The molecular formula is C13H18ClFN2O2. The smallest absolute Gasteiger partial charge is 0.254 e. The highest BCUT2D eigenvalue weighted by Crippen LogP contribution is 2.19. The van der Waals surface area contributed by atoms with Crippen molar-refractivity contribution in [1.29, 1.82) is 0 Å². The highest BCUT2D eigenvalue weighted by Gasteiger charge is 2.22. The zero-order valence-corrected chi connectivity index (χ0v) is 11.8. The van der Waals surface area contributed by atoms with Crippen LogP contribution in [0, 0.1) is 5.82 Å². The van der Waals surface area contributed by atoms with Crippen LogP contribution in [0.4, 0.5) is 4.39 Å². The molecule has 0 radical (unpaired) electrons. The second kappa shape index (κ2) is 6.73. The molecule has 2 rings (SSSR count). The van der Waals surface area contributed by atoms with E-state index in [0.29, 0.717) is 18.7 Å². The minimum absolute atomic E-state index is 0. The number of nitrogens with one attached hydrogen (secondary N) is 1. The van der Waals surface area contributed by atoms with Crippen molar-refractivity contribution in [2.24, 2.45) is 0 Å². The quantitative estimate of drug-likeness (QED) is 0.900. The largest absolute Gasteiger partial charge is 0.494 e. The molecule has 1 heterocycles. The van der Waals surface area contributed by atoms with Gasteiger partial charge in [-0.15, -0.1) is 12.4 Å². The topological polar surface area (TPSA) is 41.6 Å². The molecule has 1 N–H and O–H groups in total. The number of nitrogens with zero attached hydrogens (tertiary/aromatic N) is 1. The summed E-state index contributed by atoms with van der Waals surface area (Å²) in [7, 11) is 1.39. The van der Waals surface area contributed by atoms with Crippen LogP contribution >= 0.6 is 12.4 Å². The van der Waals surface area contributed by atoms with Crippen molar-refractivity contribution in [1.82, 2.24) is 10.2 Å². The summed E-state index contributed by atoms with van der Waals surface area (Å²) in [5.41, 5.74) is 0.461. The number of methoxy groups -OCH3 is 1. The monoisotopic (exact) mass is 288 g/mol. The summed E-state index contributed by atoms with van der Waals surface area (Å²) in [4.78, 5) is 14.0. The predicted molar refractivity (Wildman–Crippen MR) is 73.6 cm³/mol. The lowest BCUT2D eigenvalue weighted by atomic mass is 10.1. The van der Waals surface area contributed by atoms with Crippen LogP contribution in [0.3, 0.4) is 0 Å². The van der Waals surface area contributed by atoms with Crippen LogP contribution in [0.25, 0.3) is 0 Å². The minimum atomic E-state index is -0.456. The second-order valence-electron chi connectivity index (χ2n) is 4.46. The highest BCUT2D eigenvalue weighted by molar-refractivity contribution is 5.94. The number of piperazine rings is 1. The van der Waals surface area contributed by atoms with Gasteiger partial charge in [-0.25, -0.2) is 4.39 Å². The van der Waals surface area contributed by atoms with E-state index in [-0.39, 0.29) is 30.1 Å². The van der Waals surface area contributed by atoms with Crippen LogP contribution < -0.4 is 10.1 Å². The van der Waals surface area contributed by atoms with E-state index in [1.54, 1.807) is 4.90 Å². The van der Waals surface area contributed by atoms with E-state index >= 15 is 0 Å². The van der Waals surface area contributed by atoms with E-state index in [1.807, 2.05) is 6.92 Å². The minimum Gasteiger partial charge on any atom is -0.494 e. The molecule has 0 bridgehead atoms. The molecule has 1 fully saturated rings. The van der Waals surface area contributed by atoms with Crippen molar-refractivity contribution in [2.45, 2.75) is 13.0 Å². The van der Waals surface area contributed by atoms with Gasteiger partial charge in [0.15, 0.2) is 11.6 Å². The van der Waals surface area contributed by atoms with Crippen molar-refractivity contribution in [2.75, 3.05) is 26.7 Å². The van der Waals surface area contributed by atoms with Crippen molar-refractivity contribution in [3.05, 3.63) is 29.6 Å². The number of ether oxygens (including phenoxy) is 1. The van der Waals surface area contributed by atoms with Gasteiger partial charge >= 0.3 is 0 Å². The molecule has 1 aliphatic heterocycles. The van der Waals surface area contributed by atoms with Crippen molar-refractivity contribution < 1.29 is 13.9 Å². The van der Waals surface area contributed by atoms with E-state index < -0.39 is 5.82 Å².